The summed E-state index contributed by atoms with van der Waals surface area (Å²) >= 11 is 2.23. The van der Waals surface area contributed by atoms with Gasteiger partial charge in [0, 0.05) is 9.13 Å². The summed E-state index contributed by atoms with van der Waals surface area (Å²) in [6, 6.07) is 11.1. The Morgan fingerprint density at radius 2 is 1.61 bits per heavy atom. The van der Waals surface area contributed by atoms with Crippen molar-refractivity contribution in [1.82, 2.24) is 0 Å². The first kappa shape index (κ1) is 17.3. The lowest BCUT2D eigenvalue weighted by atomic mass is 10.1. The van der Waals surface area contributed by atoms with E-state index in [1.165, 1.54) is 27.4 Å². The fourth-order valence-corrected chi connectivity index (χ4v) is 2.66. The molecule has 0 heterocycles. The number of benzene rings is 2. The predicted molar refractivity (Wildman–Crippen MR) is 98.6 cm³/mol. The summed E-state index contributed by atoms with van der Waals surface area (Å²) in [4.78, 5) is 12.4. The van der Waals surface area contributed by atoms with Gasteiger partial charge in [0.15, 0.2) is 17.3 Å². The molecule has 2 rings (SSSR count). The molecule has 0 unspecified atom stereocenters. The second-order valence-electron chi connectivity index (χ2n) is 4.63. The quantitative estimate of drug-likeness (QED) is 0.396. The number of hydrogen-bond acceptors (Lipinski definition) is 4. The lowest BCUT2D eigenvalue weighted by molar-refractivity contribution is 0.104. The average Bonchev–Trinajstić information content (AvgIpc) is 2.59. The van der Waals surface area contributed by atoms with Crippen molar-refractivity contribution in [3.63, 3.8) is 0 Å². The summed E-state index contributed by atoms with van der Waals surface area (Å²) < 4.78 is 16.9. The molecule has 0 N–H and O–H groups in total. The molecule has 0 aliphatic heterocycles. The lowest BCUT2D eigenvalue weighted by Gasteiger charge is -2.13. The zero-order valence-electron chi connectivity index (χ0n) is 13.1. The van der Waals surface area contributed by atoms with Crippen molar-refractivity contribution in [3.8, 4) is 17.2 Å². The Hall–Kier alpha value is -2.02. The second kappa shape index (κ2) is 8.01. The van der Waals surface area contributed by atoms with Crippen molar-refractivity contribution < 1.29 is 19.0 Å². The van der Waals surface area contributed by atoms with Gasteiger partial charge in [-0.25, -0.2) is 0 Å². The molecule has 0 saturated carbocycles. The van der Waals surface area contributed by atoms with Crippen LogP contribution >= 0.6 is 22.6 Å². The first-order valence-electron chi connectivity index (χ1n) is 6.87. The van der Waals surface area contributed by atoms with Crippen molar-refractivity contribution in [3.05, 3.63) is 57.2 Å². The molecule has 2 aromatic carbocycles. The molecule has 0 aromatic heterocycles. The molecular formula is C18H17IO4. The number of hydrogen-bond donors (Lipinski definition) is 0. The van der Waals surface area contributed by atoms with E-state index in [0.717, 1.165) is 9.13 Å². The van der Waals surface area contributed by atoms with Gasteiger partial charge >= 0.3 is 0 Å². The highest BCUT2D eigenvalue weighted by molar-refractivity contribution is 14.1. The standard InChI is InChI=1S/C18H17IO4/c1-21-16-10-13(11-17(22-2)18(16)23-3)15(20)9-8-12-6-4-5-7-14(12)19/h4-11H,1-3H3/b9-8+. The molecule has 0 atom stereocenters. The van der Waals surface area contributed by atoms with Gasteiger partial charge in [0.25, 0.3) is 0 Å². The van der Waals surface area contributed by atoms with Crippen LogP contribution in [0, 0.1) is 3.57 Å². The van der Waals surface area contributed by atoms with Crippen molar-refractivity contribution in [2.45, 2.75) is 0 Å². The van der Waals surface area contributed by atoms with E-state index in [-0.39, 0.29) is 5.78 Å². The number of allylic oxidation sites excluding steroid dienone is 1. The van der Waals surface area contributed by atoms with Crippen molar-refractivity contribution in [1.29, 1.82) is 0 Å². The Balaban J connectivity index is 2.34. The van der Waals surface area contributed by atoms with Gasteiger partial charge in [-0.05, 0) is 52.4 Å². The Morgan fingerprint density at radius 3 is 2.13 bits per heavy atom. The van der Waals surface area contributed by atoms with Gasteiger partial charge in [-0.3, -0.25) is 4.79 Å². The van der Waals surface area contributed by atoms with Gasteiger partial charge in [-0.1, -0.05) is 24.3 Å². The molecule has 0 saturated heterocycles. The number of rotatable bonds is 6. The van der Waals surface area contributed by atoms with Crippen LogP contribution < -0.4 is 14.2 Å². The monoisotopic (exact) mass is 424 g/mol. The predicted octanol–water partition coefficient (Wildman–Crippen LogP) is 4.21. The summed E-state index contributed by atoms with van der Waals surface area (Å²) in [6.45, 7) is 0. The fraction of sp³-hybridized carbons (Fsp3) is 0.167. The highest BCUT2D eigenvalue weighted by atomic mass is 127. The van der Waals surface area contributed by atoms with Crippen LogP contribution in [0.5, 0.6) is 17.2 Å². The third-order valence-corrected chi connectivity index (χ3v) is 4.25. The van der Waals surface area contributed by atoms with Crippen LogP contribution in [0.4, 0.5) is 0 Å². The minimum atomic E-state index is -0.135. The first-order chi connectivity index (χ1) is 11.1. The molecule has 4 nitrogen and oxygen atoms in total. The Labute approximate surface area is 149 Å². The second-order valence-corrected chi connectivity index (χ2v) is 5.80. The Morgan fingerprint density at radius 1 is 1.00 bits per heavy atom. The van der Waals surface area contributed by atoms with Gasteiger partial charge in [0.1, 0.15) is 0 Å². The van der Waals surface area contributed by atoms with Gasteiger partial charge in [-0.2, -0.15) is 0 Å². The molecule has 0 aliphatic rings. The zero-order valence-corrected chi connectivity index (χ0v) is 15.3. The topological polar surface area (TPSA) is 44.8 Å². The first-order valence-corrected chi connectivity index (χ1v) is 7.95. The van der Waals surface area contributed by atoms with Crippen LogP contribution in [0.3, 0.4) is 0 Å². The fourth-order valence-electron chi connectivity index (χ4n) is 2.10. The molecule has 0 aliphatic carbocycles. The largest absolute Gasteiger partial charge is 0.493 e. The third-order valence-electron chi connectivity index (χ3n) is 3.27. The molecule has 23 heavy (non-hydrogen) atoms. The van der Waals surface area contributed by atoms with Crippen LogP contribution in [0.25, 0.3) is 6.08 Å². The summed E-state index contributed by atoms with van der Waals surface area (Å²) in [5, 5.41) is 0. The van der Waals surface area contributed by atoms with Crippen LogP contribution in [-0.4, -0.2) is 27.1 Å². The van der Waals surface area contributed by atoms with Crippen LogP contribution in [0.15, 0.2) is 42.5 Å². The van der Waals surface area contributed by atoms with Crippen LogP contribution in [-0.2, 0) is 0 Å². The van der Waals surface area contributed by atoms with Crippen molar-refractivity contribution in [2.24, 2.45) is 0 Å². The molecule has 0 spiro atoms. The Bertz CT molecular complexity index is 713. The van der Waals surface area contributed by atoms with E-state index in [4.69, 9.17) is 14.2 Å². The lowest BCUT2D eigenvalue weighted by Crippen LogP contribution is -2.00. The molecule has 2 aromatic rings. The summed E-state index contributed by atoms with van der Waals surface area (Å²) in [6.07, 6.45) is 3.34. The molecule has 0 bridgehead atoms. The number of ketones is 1. The molecular weight excluding hydrogens is 407 g/mol. The Kier molecular flexibility index (Phi) is 6.04. The average molecular weight is 424 g/mol. The van der Waals surface area contributed by atoms with E-state index >= 15 is 0 Å². The summed E-state index contributed by atoms with van der Waals surface area (Å²) in [5.41, 5.74) is 1.47. The number of ether oxygens (including phenoxy) is 3. The minimum absolute atomic E-state index is 0.135. The van der Waals surface area contributed by atoms with Crippen LogP contribution in [0.2, 0.25) is 0 Å². The third kappa shape index (κ3) is 4.04. The molecule has 0 amide bonds. The van der Waals surface area contributed by atoms with Crippen molar-refractivity contribution in [2.75, 3.05) is 21.3 Å². The van der Waals surface area contributed by atoms with Gasteiger partial charge in [-0.15, -0.1) is 0 Å². The van der Waals surface area contributed by atoms with Gasteiger partial charge in [0.05, 0.1) is 21.3 Å². The highest BCUT2D eigenvalue weighted by Gasteiger charge is 2.15. The molecule has 5 heteroatoms. The zero-order chi connectivity index (χ0) is 16.8. The van der Waals surface area contributed by atoms with Gasteiger partial charge in [0.2, 0.25) is 5.75 Å². The maximum Gasteiger partial charge on any atom is 0.203 e. The normalized spacial score (nSPS) is 10.6. The maximum absolute atomic E-state index is 12.4. The van der Waals surface area contributed by atoms with Crippen molar-refractivity contribution >= 4 is 34.5 Å². The van der Waals surface area contributed by atoms with Crippen LogP contribution in [0.1, 0.15) is 15.9 Å². The number of carbonyl (C=O) groups is 1. The summed E-state index contributed by atoms with van der Waals surface area (Å²) in [5.74, 6) is 1.24. The SMILES string of the molecule is COc1cc(C(=O)/C=C/c2ccccc2I)cc(OC)c1OC. The minimum Gasteiger partial charge on any atom is -0.493 e. The number of carbonyl (C=O) groups excluding carboxylic acids is 1. The number of methoxy groups -OCH3 is 3. The number of halogens is 1. The maximum atomic E-state index is 12.4. The van der Waals surface area contributed by atoms with E-state index in [2.05, 4.69) is 22.6 Å². The van der Waals surface area contributed by atoms with E-state index in [0.29, 0.717) is 22.8 Å². The van der Waals surface area contributed by atoms with E-state index in [1.807, 2.05) is 24.3 Å². The molecule has 120 valence electrons. The summed E-state index contributed by atoms with van der Waals surface area (Å²) in [7, 11) is 4.57. The molecule has 0 fully saturated rings. The molecule has 0 radical (unpaired) electrons. The highest BCUT2D eigenvalue weighted by Crippen LogP contribution is 2.38. The smallest absolute Gasteiger partial charge is 0.203 e. The van der Waals surface area contributed by atoms with Gasteiger partial charge < -0.3 is 14.2 Å². The van der Waals surface area contributed by atoms with E-state index < -0.39 is 0 Å². The van der Waals surface area contributed by atoms with E-state index in [1.54, 1.807) is 18.2 Å². The van der Waals surface area contributed by atoms with E-state index in [9.17, 15) is 4.79 Å².